The van der Waals surface area contributed by atoms with Crippen LogP contribution in [0.3, 0.4) is 0 Å². The maximum atomic E-state index is 15.4. The maximum Gasteiger partial charge on any atom is 0.573 e. The number of hydrogen-bond donors (Lipinski definition) is 1. The number of rotatable bonds is 13. The number of nitrogens with zero attached hydrogens (tertiary/aromatic N) is 5. The molecular weight excluding hydrogens is 811 g/mol. The van der Waals surface area contributed by atoms with E-state index in [2.05, 4.69) is 25.1 Å². The summed E-state index contributed by atoms with van der Waals surface area (Å²) in [5, 5.41) is 6.01. The minimum absolute atomic E-state index is 0.0716. The van der Waals surface area contributed by atoms with Gasteiger partial charge in [0.05, 0.1) is 23.7 Å². The minimum atomic E-state index is -4.85. The Kier molecular flexibility index (Phi) is 13.9. The van der Waals surface area contributed by atoms with Crippen LogP contribution in [0, 0.1) is 6.92 Å². The number of nitrogens with one attached hydrogen (secondary N) is 1. The van der Waals surface area contributed by atoms with Crippen molar-refractivity contribution in [2.45, 2.75) is 38.2 Å². The molecule has 0 saturated carbocycles. The van der Waals surface area contributed by atoms with E-state index >= 15 is 4.39 Å². The summed E-state index contributed by atoms with van der Waals surface area (Å²) in [7, 11) is 0. The molecule has 9 nitrogen and oxygen atoms in total. The van der Waals surface area contributed by atoms with Crippen LogP contribution in [-0.4, -0.2) is 70.1 Å². The van der Waals surface area contributed by atoms with Crippen molar-refractivity contribution >= 4 is 28.6 Å². The topological polar surface area (TPSA) is 93.9 Å². The Labute approximate surface area is 328 Å². The Balaban J connectivity index is 1.32. The van der Waals surface area contributed by atoms with Gasteiger partial charge in [0, 0.05) is 12.1 Å². The second kappa shape index (κ2) is 18.6. The summed E-state index contributed by atoms with van der Waals surface area (Å²) in [5.74, 6) is -2.06. The molecule has 0 aliphatic carbocycles. The highest BCUT2D eigenvalue weighted by atomic mass is 32.2. The molecular formula is C38H32F10N6O3S. The van der Waals surface area contributed by atoms with Gasteiger partial charge in [-0.25, -0.2) is 18.9 Å². The molecule has 2 amide bonds. The monoisotopic (exact) mass is 842 g/mol. The van der Waals surface area contributed by atoms with E-state index in [9.17, 15) is 44.3 Å². The van der Waals surface area contributed by atoms with Crippen LogP contribution in [0.25, 0.3) is 17.1 Å². The molecule has 58 heavy (non-hydrogen) atoms. The van der Waals surface area contributed by atoms with Crippen LogP contribution >= 0.6 is 11.8 Å². The Bertz CT molecular complexity index is 2140. The Morgan fingerprint density at radius 1 is 0.897 bits per heavy atom. The van der Waals surface area contributed by atoms with E-state index < -0.39 is 60.7 Å². The Hall–Kier alpha value is -5.79. The van der Waals surface area contributed by atoms with Crippen molar-refractivity contribution in [1.29, 1.82) is 0 Å². The molecule has 1 N–H and O–H groups in total. The molecule has 1 heterocycles. The van der Waals surface area contributed by atoms with Crippen LogP contribution in [-0.2, 0) is 6.42 Å². The lowest BCUT2D eigenvalue weighted by atomic mass is 10.1. The second-order valence-electron chi connectivity index (χ2n) is 12.4. The summed E-state index contributed by atoms with van der Waals surface area (Å²) in [5.41, 5.74) is 2.09. The van der Waals surface area contributed by atoms with Crippen molar-refractivity contribution in [1.82, 2.24) is 20.1 Å². The van der Waals surface area contributed by atoms with Gasteiger partial charge >= 0.3 is 24.7 Å². The lowest BCUT2D eigenvalue weighted by molar-refractivity contribution is -0.274. The fraction of sp³-hybridized carbons (Fsp3) is 0.263. The average molecular weight is 843 g/mol. The number of aryl methyl sites for hydroxylation is 1. The summed E-state index contributed by atoms with van der Waals surface area (Å²) in [6, 6.07) is 22.2. The normalized spacial score (nSPS) is 12.9. The van der Waals surface area contributed by atoms with Gasteiger partial charge in [-0.3, -0.25) is 0 Å². The van der Waals surface area contributed by atoms with Crippen LogP contribution < -0.4 is 19.7 Å². The van der Waals surface area contributed by atoms with Gasteiger partial charge in [-0.05, 0) is 66.4 Å². The maximum absolute atomic E-state index is 15.4. The second-order valence-corrected chi connectivity index (χ2v) is 13.3. The summed E-state index contributed by atoms with van der Waals surface area (Å²) >= 11 is 0.124. The molecule has 1 atom stereocenters. The molecule has 0 fully saturated rings. The molecule has 308 valence electrons. The van der Waals surface area contributed by atoms with E-state index in [1.165, 1.54) is 70.5 Å². The molecule has 1 aromatic heterocycles. The van der Waals surface area contributed by atoms with Gasteiger partial charge in [0.15, 0.2) is 17.6 Å². The molecule has 0 spiro atoms. The number of carbonyl (C=O) groups is 1. The van der Waals surface area contributed by atoms with Gasteiger partial charge in [-0.2, -0.15) is 31.3 Å². The number of carbonyl (C=O) groups excluding carboxylic acids is 1. The number of alkyl halides is 10. The fourth-order valence-electron chi connectivity index (χ4n) is 5.22. The van der Waals surface area contributed by atoms with E-state index in [0.717, 1.165) is 17.7 Å². The molecule has 4 aromatic carbocycles. The van der Waals surface area contributed by atoms with E-state index in [1.807, 2.05) is 0 Å². The van der Waals surface area contributed by atoms with Crippen LogP contribution in [0.4, 0.5) is 54.4 Å². The van der Waals surface area contributed by atoms with Gasteiger partial charge in [-0.15, -0.1) is 18.3 Å². The third-order valence-electron chi connectivity index (χ3n) is 7.85. The molecule has 20 heteroatoms. The Morgan fingerprint density at radius 3 is 2.22 bits per heavy atom. The number of amidine groups is 1. The van der Waals surface area contributed by atoms with Gasteiger partial charge in [-0.1, -0.05) is 72.4 Å². The number of halogens is 10. The van der Waals surface area contributed by atoms with E-state index in [1.54, 1.807) is 37.3 Å². The Morgan fingerprint density at radius 2 is 1.59 bits per heavy atom. The lowest BCUT2D eigenvalue weighted by Gasteiger charge is -2.28. The number of hydrogen-bond acceptors (Lipinski definition) is 6. The van der Waals surface area contributed by atoms with Crippen molar-refractivity contribution in [2.75, 3.05) is 30.3 Å². The zero-order valence-corrected chi connectivity index (χ0v) is 30.9. The van der Waals surface area contributed by atoms with E-state index in [0.29, 0.717) is 16.8 Å². The van der Waals surface area contributed by atoms with Crippen molar-refractivity contribution in [3.05, 3.63) is 120 Å². The highest BCUT2D eigenvalue weighted by molar-refractivity contribution is 8.14. The highest BCUT2D eigenvalue weighted by Crippen LogP contribution is 2.35. The number of aromatic nitrogens is 3. The number of urea groups is 1. The number of ether oxygens (including phenoxy) is 2. The summed E-state index contributed by atoms with van der Waals surface area (Å²) < 4.78 is 143. The van der Waals surface area contributed by atoms with E-state index in [4.69, 9.17) is 4.74 Å². The van der Waals surface area contributed by atoms with Gasteiger partial charge in [0.2, 0.25) is 0 Å². The van der Waals surface area contributed by atoms with Crippen molar-refractivity contribution < 1.29 is 58.2 Å². The number of amides is 2. The lowest BCUT2D eigenvalue weighted by Crippen LogP contribution is -2.35. The zero-order valence-electron chi connectivity index (χ0n) is 30.1. The van der Waals surface area contributed by atoms with Gasteiger partial charge in [0.1, 0.15) is 24.0 Å². The van der Waals surface area contributed by atoms with Crippen molar-refractivity contribution in [3.8, 4) is 28.6 Å². The number of thioether (sulfide) groups is 1. The first-order valence-electron chi connectivity index (χ1n) is 17.0. The summed E-state index contributed by atoms with van der Waals surface area (Å²) in [6.45, 7) is -0.882. The molecule has 0 saturated heterocycles. The van der Waals surface area contributed by atoms with E-state index in [-0.39, 0.29) is 47.6 Å². The molecule has 5 aromatic rings. The number of aliphatic imine (C=N–C) groups is 1. The van der Waals surface area contributed by atoms with Crippen LogP contribution in [0.5, 0.6) is 11.5 Å². The third-order valence-corrected chi connectivity index (χ3v) is 8.89. The van der Waals surface area contributed by atoms with Crippen LogP contribution in [0.15, 0.2) is 108 Å². The summed E-state index contributed by atoms with van der Waals surface area (Å²) in [6.07, 6.45) is -14.7. The first-order valence-corrected chi connectivity index (χ1v) is 18.0. The number of anilines is 1. The first kappa shape index (κ1) is 43.3. The average Bonchev–Trinajstić information content (AvgIpc) is 3.66. The molecule has 5 rings (SSSR count). The molecule has 0 bridgehead atoms. The predicted octanol–water partition coefficient (Wildman–Crippen LogP) is 10.2. The van der Waals surface area contributed by atoms with Crippen LogP contribution in [0.2, 0.25) is 0 Å². The number of benzene rings is 4. The predicted molar refractivity (Wildman–Crippen MR) is 197 cm³/mol. The third kappa shape index (κ3) is 13.4. The molecule has 0 aliphatic rings. The highest BCUT2D eigenvalue weighted by Gasteiger charge is 2.33. The van der Waals surface area contributed by atoms with Gasteiger partial charge < -0.3 is 19.7 Å². The first-order chi connectivity index (χ1) is 27.3. The fourth-order valence-corrected chi connectivity index (χ4v) is 6.01. The molecule has 0 aliphatic heterocycles. The zero-order chi connectivity index (χ0) is 42.1. The van der Waals surface area contributed by atoms with Gasteiger partial charge in [0.25, 0.3) is 0 Å². The van der Waals surface area contributed by atoms with Crippen molar-refractivity contribution in [2.24, 2.45) is 4.99 Å². The quantitative estimate of drug-likeness (QED) is 0.0717. The van der Waals surface area contributed by atoms with Crippen LogP contribution in [0.1, 0.15) is 22.9 Å². The molecule has 0 radical (unpaired) electrons. The minimum Gasteiger partial charge on any atom is -0.482 e. The largest absolute Gasteiger partial charge is 0.573 e. The smallest absolute Gasteiger partial charge is 0.482 e. The standard InChI is InChI=1S/C38H32F10N6O3S/c1-24-7-16-32(56-21-36(40,41)42)31(19-24)53(18-17-25-5-3-2-4-6-25)35(58-22-37(43,44)45)51-34(55)49-20-30(39)26-8-10-27(11-9-26)33-50-23-54(52-33)28-12-14-29(15-13-28)57-38(46,47)48/h2-16,19,23,30H,17-18,20-22H2,1H3,(H,49,55)/b51-35-. The molecule has 1 unspecified atom stereocenters. The van der Waals surface area contributed by atoms with Crippen molar-refractivity contribution in [3.63, 3.8) is 0 Å². The SMILES string of the molecule is Cc1ccc(OCC(F)(F)F)c(N(CCc2ccccc2)/C(=N/C(=O)NCC(F)c2ccc(-c3ncn(-c4ccc(OC(F)(F)F)cc4)n3)cc2)SCC(F)(F)F)c1. The summed E-state index contributed by atoms with van der Waals surface area (Å²) in [4.78, 5) is 22.3.